The maximum atomic E-state index is 14.0. The number of nitrogens with zero attached hydrogens (tertiary/aromatic N) is 1. The lowest BCUT2D eigenvalue weighted by Gasteiger charge is -2.31. The summed E-state index contributed by atoms with van der Waals surface area (Å²) in [5.41, 5.74) is 0.667. The van der Waals surface area contributed by atoms with Gasteiger partial charge in [0.2, 0.25) is 11.7 Å². The molecule has 3 rings (SSSR count). The van der Waals surface area contributed by atoms with Gasteiger partial charge in [-0.15, -0.1) is 11.8 Å². The first-order valence-corrected chi connectivity index (χ1v) is 12.4. The van der Waals surface area contributed by atoms with Crippen molar-refractivity contribution in [3.8, 4) is 28.7 Å². The number of rotatable bonds is 8. The average molecular weight is 519 g/mol. The molecular formula is C26H34N2O7S. The lowest BCUT2D eigenvalue weighted by Crippen LogP contribution is -2.52. The highest BCUT2D eigenvalue weighted by Crippen LogP contribution is 2.46. The molecule has 2 unspecified atom stereocenters. The Labute approximate surface area is 216 Å². The Morgan fingerprint density at radius 2 is 1.44 bits per heavy atom. The van der Waals surface area contributed by atoms with E-state index >= 15 is 0 Å². The van der Waals surface area contributed by atoms with Gasteiger partial charge in [0.25, 0.3) is 5.91 Å². The minimum absolute atomic E-state index is 0.223. The number of amides is 2. The molecule has 10 heteroatoms. The van der Waals surface area contributed by atoms with Crippen molar-refractivity contribution < 1.29 is 33.3 Å². The Balaban J connectivity index is 2.10. The molecule has 0 radical (unpaired) electrons. The summed E-state index contributed by atoms with van der Waals surface area (Å²) in [4.78, 5) is 29.0. The van der Waals surface area contributed by atoms with Crippen LogP contribution in [0.5, 0.6) is 28.7 Å². The van der Waals surface area contributed by atoms with Gasteiger partial charge in [-0.1, -0.05) is 6.07 Å². The summed E-state index contributed by atoms with van der Waals surface area (Å²) in [6, 6.07) is 7.99. The second kappa shape index (κ2) is 11.2. The van der Waals surface area contributed by atoms with Gasteiger partial charge in [-0.3, -0.25) is 9.59 Å². The molecule has 2 amide bonds. The van der Waals surface area contributed by atoms with Crippen molar-refractivity contribution in [1.29, 1.82) is 0 Å². The second-order valence-electron chi connectivity index (χ2n) is 9.18. The molecule has 1 aliphatic heterocycles. The highest BCUT2D eigenvalue weighted by Gasteiger charge is 2.44. The summed E-state index contributed by atoms with van der Waals surface area (Å²) in [5, 5.41) is 2.58. The molecule has 196 valence electrons. The van der Waals surface area contributed by atoms with Gasteiger partial charge >= 0.3 is 0 Å². The normalized spacial score (nSPS) is 17.4. The monoisotopic (exact) mass is 518 g/mol. The third-order valence-electron chi connectivity index (χ3n) is 5.64. The van der Waals surface area contributed by atoms with E-state index < -0.39 is 17.0 Å². The standard InChI is InChI=1S/C26H34N2O7S/c1-26(2,3)27-23(29)17-14-36-25(15-9-10-18(31-4)19(11-15)32-5)28(17)24(30)16-12-20(33-6)22(35-8)21(13-16)34-7/h9-13,17,25H,14H2,1-8H3,(H,27,29). The zero-order valence-corrected chi connectivity index (χ0v) is 22.8. The first kappa shape index (κ1) is 27.3. The van der Waals surface area contributed by atoms with Crippen LogP contribution in [0.3, 0.4) is 0 Å². The van der Waals surface area contributed by atoms with Crippen molar-refractivity contribution in [2.45, 2.75) is 37.7 Å². The number of ether oxygens (including phenoxy) is 5. The average Bonchev–Trinajstić information content (AvgIpc) is 3.31. The van der Waals surface area contributed by atoms with Gasteiger partial charge in [0.05, 0.1) is 35.5 Å². The molecule has 2 aromatic carbocycles. The molecule has 1 saturated heterocycles. The summed E-state index contributed by atoms with van der Waals surface area (Å²) in [7, 11) is 7.60. The molecule has 1 aliphatic rings. The van der Waals surface area contributed by atoms with E-state index in [4.69, 9.17) is 23.7 Å². The first-order valence-electron chi connectivity index (χ1n) is 11.4. The minimum Gasteiger partial charge on any atom is -0.493 e. The van der Waals surface area contributed by atoms with Gasteiger partial charge in [0.1, 0.15) is 11.4 Å². The maximum absolute atomic E-state index is 14.0. The van der Waals surface area contributed by atoms with Crippen LogP contribution in [0.25, 0.3) is 0 Å². The fraction of sp³-hybridized carbons (Fsp3) is 0.462. The van der Waals surface area contributed by atoms with Crippen LogP contribution in [0, 0.1) is 0 Å². The Morgan fingerprint density at radius 1 is 0.861 bits per heavy atom. The summed E-state index contributed by atoms with van der Waals surface area (Å²) in [6.07, 6.45) is 0. The van der Waals surface area contributed by atoms with E-state index in [1.165, 1.54) is 33.1 Å². The van der Waals surface area contributed by atoms with E-state index in [0.29, 0.717) is 40.1 Å². The van der Waals surface area contributed by atoms with Crippen LogP contribution >= 0.6 is 11.8 Å². The highest BCUT2D eigenvalue weighted by atomic mass is 32.2. The molecule has 0 aromatic heterocycles. The molecule has 36 heavy (non-hydrogen) atoms. The highest BCUT2D eigenvalue weighted by molar-refractivity contribution is 7.99. The predicted octanol–water partition coefficient (Wildman–Crippen LogP) is 3.90. The molecule has 0 bridgehead atoms. The van der Waals surface area contributed by atoms with Crippen molar-refractivity contribution in [1.82, 2.24) is 10.2 Å². The number of carbonyl (C=O) groups is 2. The summed E-state index contributed by atoms with van der Waals surface area (Å²) in [5.74, 6) is 2.07. The van der Waals surface area contributed by atoms with Crippen LogP contribution in [0.2, 0.25) is 0 Å². The lowest BCUT2D eigenvalue weighted by molar-refractivity contribution is -0.126. The molecule has 0 saturated carbocycles. The molecule has 2 aromatic rings. The first-order chi connectivity index (χ1) is 17.1. The minimum atomic E-state index is -0.695. The Kier molecular flexibility index (Phi) is 8.50. The van der Waals surface area contributed by atoms with Gasteiger partial charge in [-0.05, 0) is 50.6 Å². The maximum Gasteiger partial charge on any atom is 0.256 e. The summed E-state index contributed by atoms with van der Waals surface area (Å²) in [6.45, 7) is 5.72. The van der Waals surface area contributed by atoms with Gasteiger partial charge < -0.3 is 33.9 Å². The molecule has 1 fully saturated rings. The van der Waals surface area contributed by atoms with E-state index in [2.05, 4.69) is 5.32 Å². The Hall–Kier alpha value is -3.27. The van der Waals surface area contributed by atoms with Crippen LogP contribution in [0.1, 0.15) is 42.1 Å². The van der Waals surface area contributed by atoms with Gasteiger partial charge in [-0.25, -0.2) is 0 Å². The van der Waals surface area contributed by atoms with Crippen molar-refractivity contribution in [3.05, 3.63) is 41.5 Å². The zero-order valence-electron chi connectivity index (χ0n) is 22.0. The third-order valence-corrected chi connectivity index (χ3v) is 6.96. The van der Waals surface area contributed by atoms with Crippen molar-refractivity contribution in [2.75, 3.05) is 41.3 Å². The molecule has 1 heterocycles. The molecule has 0 spiro atoms. The quantitative estimate of drug-likeness (QED) is 0.562. The largest absolute Gasteiger partial charge is 0.493 e. The lowest BCUT2D eigenvalue weighted by atomic mass is 10.1. The van der Waals surface area contributed by atoms with Gasteiger partial charge in [-0.2, -0.15) is 0 Å². The van der Waals surface area contributed by atoms with Gasteiger partial charge in [0, 0.05) is 16.9 Å². The zero-order chi connectivity index (χ0) is 26.6. The predicted molar refractivity (Wildman–Crippen MR) is 139 cm³/mol. The molecule has 1 N–H and O–H groups in total. The SMILES string of the molecule is COc1ccc(C2SCC(C(=O)NC(C)(C)C)N2C(=O)c2cc(OC)c(OC)c(OC)c2)cc1OC. The molecule has 0 aliphatic carbocycles. The van der Waals surface area contributed by atoms with Crippen molar-refractivity contribution >= 4 is 23.6 Å². The third kappa shape index (κ3) is 5.59. The van der Waals surface area contributed by atoms with Crippen molar-refractivity contribution in [2.24, 2.45) is 0 Å². The van der Waals surface area contributed by atoms with E-state index in [9.17, 15) is 9.59 Å². The number of methoxy groups -OCH3 is 5. The second-order valence-corrected chi connectivity index (χ2v) is 10.3. The van der Waals surface area contributed by atoms with E-state index in [-0.39, 0.29) is 11.8 Å². The molecular weight excluding hydrogens is 484 g/mol. The van der Waals surface area contributed by atoms with Crippen LogP contribution in [0.15, 0.2) is 30.3 Å². The van der Waals surface area contributed by atoms with E-state index in [1.54, 1.807) is 37.3 Å². The van der Waals surface area contributed by atoms with Gasteiger partial charge in [0.15, 0.2) is 23.0 Å². The van der Waals surface area contributed by atoms with E-state index in [0.717, 1.165) is 5.56 Å². The molecule has 2 atom stereocenters. The van der Waals surface area contributed by atoms with Crippen LogP contribution in [-0.2, 0) is 4.79 Å². The summed E-state index contributed by atoms with van der Waals surface area (Å²) < 4.78 is 27.1. The number of thioether (sulfide) groups is 1. The fourth-order valence-corrected chi connectivity index (χ4v) is 5.45. The van der Waals surface area contributed by atoms with Crippen LogP contribution < -0.4 is 29.0 Å². The van der Waals surface area contributed by atoms with Crippen LogP contribution in [0.4, 0.5) is 0 Å². The number of hydrogen-bond acceptors (Lipinski definition) is 8. The molecule has 9 nitrogen and oxygen atoms in total. The van der Waals surface area contributed by atoms with Crippen molar-refractivity contribution in [3.63, 3.8) is 0 Å². The summed E-state index contributed by atoms with van der Waals surface area (Å²) >= 11 is 1.51. The number of nitrogens with one attached hydrogen (secondary N) is 1. The smallest absolute Gasteiger partial charge is 0.256 e. The number of benzene rings is 2. The number of hydrogen-bond donors (Lipinski definition) is 1. The van der Waals surface area contributed by atoms with E-state index in [1.807, 2.05) is 32.9 Å². The topological polar surface area (TPSA) is 95.6 Å². The Bertz CT molecular complexity index is 1090. The number of carbonyl (C=O) groups excluding carboxylic acids is 2. The van der Waals surface area contributed by atoms with Crippen LogP contribution in [-0.4, -0.2) is 69.6 Å². The fourth-order valence-electron chi connectivity index (χ4n) is 4.03. The Morgan fingerprint density at radius 3 is 1.94 bits per heavy atom.